The van der Waals surface area contributed by atoms with Gasteiger partial charge in [0.2, 0.25) is 5.95 Å². The van der Waals surface area contributed by atoms with Crippen molar-refractivity contribution in [2.75, 3.05) is 10.6 Å². The Kier molecular flexibility index (Phi) is 7.81. The number of halogens is 3. The average molecular weight is 459 g/mol. The van der Waals surface area contributed by atoms with Gasteiger partial charge in [-0.25, -0.2) is 4.98 Å². The van der Waals surface area contributed by atoms with Crippen molar-refractivity contribution in [3.8, 4) is 0 Å². The minimum absolute atomic E-state index is 0.0696. The predicted octanol–water partition coefficient (Wildman–Crippen LogP) is 7.01. The number of aromatic nitrogens is 2. The smallest absolute Gasteiger partial charge is 0.334 e. The molecule has 2 N–H and O–H groups in total. The second kappa shape index (κ2) is 10.8. The number of benzene rings is 2. The van der Waals surface area contributed by atoms with Crippen molar-refractivity contribution in [1.29, 1.82) is 0 Å². The van der Waals surface area contributed by atoms with Gasteiger partial charge in [0, 0.05) is 18.0 Å². The first kappa shape index (κ1) is 24.0. The molecule has 0 fully saturated rings. The number of nitrogens with zero attached hydrogens (tertiary/aromatic N) is 3. The lowest BCUT2D eigenvalue weighted by molar-refractivity contribution is -0.383. The summed E-state index contributed by atoms with van der Waals surface area (Å²) < 4.78 is 40.5. The number of aryl methyl sites for hydroxylation is 1. The number of anilines is 4. The molecule has 0 spiro atoms. The summed E-state index contributed by atoms with van der Waals surface area (Å²) in [6.07, 6.45) is 1.51. The molecule has 0 radical (unpaired) electrons. The molecule has 1 heterocycles. The average Bonchev–Trinajstić information content (AvgIpc) is 2.77. The summed E-state index contributed by atoms with van der Waals surface area (Å²) in [5.74, 6) is -0.651. The maximum absolute atomic E-state index is 13.5. The van der Waals surface area contributed by atoms with E-state index in [0.29, 0.717) is 11.9 Å². The molecule has 0 aliphatic heterocycles. The normalized spacial score (nSPS) is 11.3. The fourth-order valence-corrected chi connectivity index (χ4v) is 3.25. The van der Waals surface area contributed by atoms with E-state index in [9.17, 15) is 23.3 Å². The van der Waals surface area contributed by atoms with E-state index in [1.807, 2.05) is 24.3 Å². The molecule has 0 aliphatic rings. The molecular weight excluding hydrogens is 435 g/mol. The highest BCUT2D eigenvalue weighted by Gasteiger charge is 2.36. The van der Waals surface area contributed by atoms with E-state index in [2.05, 4.69) is 27.5 Å². The highest BCUT2D eigenvalue weighted by atomic mass is 19.4. The van der Waals surface area contributed by atoms with E-state index in [1.54, 1.807) is 0 Å². The van der Waals surface area contributed by atoms with Crippen LogP contribution in [0.2, 0.25) is 0 Å². The van der Waals surface area contributed by atoms with E-state index in [0.717, 1.165) is 12.8 Å². The Labute approximate surface area is 189 Å². The van der Waals surface area contributed by atoms with Crippen LogP contribution in [-0.2, 0) is 12.6 Å². The Morgan fingerprint density at radius 2 is 1.73 bits per heavy atom. The van der Waals surface area contributed by atoms with Gasteiger partial charge >= 0.3 is 6.18 Å². The van der Waals surface area contributed by atoms with Crippen molar-refractivity contribution in [2.45, 2.75) is 45.2 Å². The van der Waals surface area contributed by atoms with Gasteiger partial charge in [-0.1, -0.05) is 50.5 Å². The van der Waals surface area contributed by atoms with Crippen molar-refractivity contribution >= 4 is 28.8 Å². The lowest BCUT2D eigenvalue weighted by Crippen LogP contribution is -2.13. The molecule has 0 amide bonds. The maximum atomic E-state index is 13.5. The van der Waals surface area contributed by atoms with Crippen LogP contribution < -0.4 is 10.6 Å². The van der Waals surface area contributed by atoms with Gasteiger partial charge in [-0.15, -0.1) is 0 Å². The van der Waals surface area contributed by atoms with Crippen LogP contribution in [0.15, 0.2) is 54.7 Å². The monoisotopic (exact) mass is 459 g/mol. The van der Waals surface area contributed by atoms with Gasteiger partial charge in [0.1, 0.15) is 17.1 Å². The molecule has 33 heavy (non-hydrogen) atoms. The summed E-state index contributed by atoms with van der Waals surface area (Å²) in [5.41, 5.74) is 0.180. The molecule has 0 aliphatic carbocycles. The minimum Gasteiger partial charge on any atom is -0.334 e. The highest BCUT2D eigenvalue weighted by molar-refractivity contribution is 5.70. The van der Waals surface area contributed by atoms with E-state index in [-0.39, 0.29) is 17.3 Å². The Morgan fingerprint density at radius 3 is 2.39 bits per heavy atom. The second-order valence-electron chi connectivity index (χ2n) is 7.49. The zero-order valence-electron chi connectivity index (χ0n) is 18.0. The molecule has 0 bridgehead atoms. The predicted molar refractivity (Wildman–Crippen MR) is 121 cm³/mol. The van der Waals surface area contributed by atoms with Gasteiger partial charge in [-0.3, -0.25) is 10.1 Å². The number of nitro groups is 1. The van der Waals surface area contributed by atoms with Crippen LogP contribution in [0.1, 0.15) is 43.7 Å². The third kappa shape index (κ3) is 6.64. The lowest BCUT2D eigenvalue weighted by Gasteiger charge is -2.15. The summed E-state index contributed by atoms with van der Waals surface area (Å²) in [6, 6.07) is 12.9. The van der Waals surface area contributed by atoms with Crippen LogP contribution in [0.3, 0.4) is 0 Å². The van der Waals surface area contributed by atoms with E-state index < -0.39 is 22.5 Å². The third-order valence-electron chi connectivity index (χ3n) is 4.98. The van der Waals surface area contributed by atoms with Gasteiger partial charge in [-0.05, 0) is 36.6 Å². The van der Waals surface area contributed by atoms with Crippen LogP contribution >= 0.6 is 0 Å². The molecule has 0 saturated carbocycles. The quantitative estimate of drug-likeness (QED) is 0.192. The van der Waals surface area contributed by atoms with Gasteiger partial charge < -0.3 is 10.6 Å². The van der Waals surface area contributed by atoms with Crippen molar-refractivity contribution in [1.82, 2.24) is 9.97 Å². The SMILES string of the molecule is CCCCCCc1ccc(Nc2ncc(C(F)(F)F)c(Nc3ccccc3[N+](=O)[O-])n2)cc1. The number of rotatable bonds is 10. The Morgan fingerprint density at radius 1 is 1.00 bits per heavy atom. The van der Waals surface area contributed by atoms with Crippen LogP contribution in [0.25, 0.3) is 0 Å². The first-order valence-corrected chi connectivity index (χ1v) is 10.6. The molecule has 3 aromatic rings. The van der Waals surface area contributed by atoms with Crippen molar-refractivity contribution < 1.29 is 18.1 Å². The lowest BCUT2D eigenvalue weighted by atomic mass is 10.1. The van der Waals surface area contributed by atoms with Gasteiger partial charge in [0.25, 0.3) is 5.69 Å². The largest absolute Gasteiger partial charge is 0.421 e. The summed E-state index contributed by atoms with van der Waals surface area (Å²) >= 11 is 0. The summed E-state index contributed by atoms with van der Waals surface area (Å²) in [4.78, 5) is 18.3. The van der Waals surface area contributed by atoms with Crippen LogP contribution in [0.4, 0.5) is 42.0 Å². The number of hydrogen-bond donors (Lipinski definition) is 2. The first-order valence-electron chi connectivity index (χ1n) is 10.6. The number of nitrogens with one attached hydrogen (secondary N) is 2. The molecule has 0 saturated heterocycles. The fraction of sp³-hybridized carbons (Fsp3) is 0.304. The molecule has 10 heteroatoms. The zero-order valence-corrected chi connectivity index (χ0v) is 18.0. The molecule has 1 aromatic heterocycles. The van der Waals surface area contributed by atoms with Gasteiger partial charge in [-0.2, -0.15) is 18.2 Å². The van der Waals surface area contributed by atoms with Gasteiger partial charge in [0.15, 0.2) is 0 Å². The Bertz CT molecular complexity index is 1090. The number of para-hydroxylation sites is 2. The number of unbranched alkanes of at least 4 members (excludes halogenated alkanes) is 3. The minimum atomic E-state index is -4.75. The molecule has 0 unspecified atom stereocenters. The number of hydrogen-bond acceptors (Lipinski definition) is 6. The summed E-state index contributed by atoms with van der Waals surface area (Å²) in [6.45, 7) is 2.16. The summed E-state index contributed by atoms with van der Waals surface area (Å²) in [7, 11) is 0. The highest BCUT2D eigenvalue weighted by Crippen LogP contribution is 2.36. The number of alkyl halides is 3. The molecule has 174 valence electrons. The molecular formula is C23H24F3N5O2. The van der Waals surface area contributed by atoms with Crippen molar-refractivity contribution in [2.24, 2.45) is 0 Å². The summed E-state index contributed by atoms with van der Waals surface area (Å²) in [5, 5.41) is 16.6. The Balaban J connectivity index is 1.81. The van der Waals surface area contributed by atoms with Crippen LogP contribution in [-0.4, -0.2) is 14.9 Å². The third-order valence-corrected chi connectivity index (χ3v) is 4.98. The van der Waals surface area contributed by atoms with E-state index in [1.165, 1.54) is 49.1 Å². The van der Waals surface area contributed by atoms with Crippen LogP contribution in [0.5, 0.6) is 0 Å². The molecule has 0 atom stereocenters. The van der Waals surface area contributed by atoms with E-state index in [4.69, 9.17) is 0 Å². The van der Waals surface area contributed by atoms with Crippen LogP contribution in [0, 0.1) is 10.1 Å². The molecule has 3 rings (SSSR count). The van der Waals surface area contributed by atoms with Crippen molar-refractivity contribution in [3.05, 3.63) is 76.0 Å². The fourth-order valence-electron chi connectivity index (χ4n) is 3.25. The zero-order chi connectivity index (χ0) is 23.8. The first-order chi connectivity index (χ1) is 15.8. The van der Waals surface area contributed by atoms with Gasteiger partial charge in [0.05, 0.1) is 4.92 Å². The molecule has 7 nitrogen and oxygen atoms in total. The topological polar surface area (TPSA) is 93.0 Å². The maximum Gasteiger partial charge on any atom is 0.421 e. The second-order valence-corrected chi connectivity index (χ2v) is 7.49. The molecule has 2 aromatic carbocycles. The standard InChI is InChI=1S/C23H24F3N5O2/c1-2-3-4-5-8-16-11-13-17(14-12-16)28-22-27-15-18(23(24,25)26)21(30-22)29-19-9-6-7-10-20(19)31(32)33/h6-7,9-15H,2-5,8H2,1H3,(H2,27,28,29,30). The van der Waals surface area contributed by atoms with E-state index >= 15 is 0 Å². The van der Waals surface area contributed by atoms with Crippen molar-refractivity contribution in [3.63, 3.8) is 0 Å². The Hall–Kier alpha value is -3.69. The number of nitro benzene ring substituents is 1.